The van der Waals surface area contributed by atoms with Crippen LogP contribution < -0.4 is 0 Å². The molecule has 0 aromatic rings. The van der Waals surface area contributed by atoms with Crippen LogP contribution in [-0.2, 0) is 4.74 Å². The van der Waals surface area contributed by atoms with Crippen molar-refractivity contribution in [1.82, 2.24) is 9.80 Å². The molecule has 13 heavy (non-hydrogen) atoms. The Kier molecular flexibility index (Phi) is 2.83. The first-order valence-electron chi connectivity index (χ1n) is 4.96. The van der Waals surface area contributed by atoms with Crippen LogP contribution in [0.5, 0.6) is 0 Å². The molecule has 2 heterocycles. The standard InChI is InChI=1S/C9H18N2O2/c1-10-6-8(9(12)7-10)11-2-4-13-5-3-11/h8-9,12H,2-7H2,1H3. The van der Waals surface area contributed by atoms with Gasteiger partial charge in [0, 0.05) is 32.2 Å². The predicted octanol–water partition coefficient (Wildman–Crippen LogP) is -1.01. The lowest BCUT2D eigenvalue weighted by atomic mass is 10.2. The maximum atomic E-state index is 9.79. The highest BCUT2D eigenvalue weighted by Gasteiger charge is 2.34. The van der Waals surface area contributed by atoms with Gasteiger partial charge in [0.25, 0.3) is 0 Å². The number of ether oxygens (including phenoxy) is 1. The molecule has 0 saturated carbocycles. The second-order valence-corrected chi connectivity index (χ2v) is 4.00. The minimum atomic E-state index is -0.178. The average Bonchev–Trinajstić information content (AvgIpc) is 2.47. The highest BCUT2D eigenvalue weighted by Crippen LogP contribution is 2.15. The number of aliphatic hydroxyl groups is 1. The van der Waals surface area contributed by atoms with Crippen molar-refractivity contribution in [3.05, 3.63) is 0 Å². The fourth-order valence-corrected chi connectivity index (χ4v) is 2.22. The number of β-amino-alcohol motifs (C(OH)–C–C–N with tert-alkyl or cyclic N) is 1. The Morgan fingerprint density at radius 2 is 1.92 bits per heavy atom. The highest BCUT2D eigenvalue weighted by molar-refractivity contribution is 4.90. The Balaban J connectivity index is 1.91. The largest absolute Gasteiger partial charge is 0.390 e. The van der Waals surface area contributed by atoms with Crippen LogP contribution in [0.2, 0.25) is 0 Å². The highest BCUT2D eigenvalue weighted by atomic mass is 16.5. The molecule has 2 saturated heterocycles. The summed E-state index contributed by atoms with van der Waals surface area (Å²) in [5.41, 5.74) is 0. The predicted molar refractivity (Wildman–Crippen MR) is 49.7 cm³/mol. The minimum absolute atomic E-state index is 0.178. The van der Waals surface area contributed by atoms with Gasteiger partial charge in [-0.1, -0.05) is 0 Å². The molecule has 2 unspecified atom stereocenters. The zero-order valence-electron chi connectivity index (χ0n) is 8.15. The van der Waals surface area contributed by atoms with Gasteiger partial charge in [0.1, 0.15) is 0 Å². The third kappa shape index (κ3) is 2.02. The first-order valence-corrected chi connectivity index (χ1v) is 4.96. The number of rotatable bonds is 1. The Morgan fingerprint density at radius 3 is 2.46 bits per heavy atom. The molecule has 0 aromatic heterocycles. The van der Waals surface area contributed by atoms with Crippen LogP contribution in [0.1, 0.15) is 0 Å². The lowest BCUT2D eigenvalue weighted by Crippen LogP contribution is -2.48. The van der Waals surface area contributed by atoms with Gasteiger partial charge in [-0.3, -0.25) is 4.90 Å². The molecule has 2 aliphatic rings. The number of nitrogens with zero attached hydrogens (tertiary/aromatic N) is 2. The zero-order valence-corrected chi connectivity index (χ0v) is 8.15. The van der Waals surface area contributed by atoms with E-state index >= 15 is 0 Å². The van der Waals surface area contributed by atoms with E-state index in [1.165, 1.54) is 0 Å². The molecular weight excluding hydrogens is 168 g/mol. The van der Waals surface area contributed by atoms with E-state index in [4.69, 9.17) is 4.74 Å². The van der Waals surface area contributed by atoms with E-state index in [-0.39, 0.29) is 6.10 Å². The van der Waals surface area contributed by atoms with Crippen LogP contribution in [0.4, 0.5) is 0 Å². The van der Waals surface area contributed by atoms with E-state index in [1.807, 2.05) is 0 Å². The molecule has 2 rings (SSSR count). The molecule has 1 N–H and O–H groups in total. The van der Waals surface area contributed by atoms with Gasteiger partial charge in [-0.2, -0.15) is 0 Å². The number of likely N-dealkylation sites (N-methyl/N-ethyl adjacent to an activating group) is 1. The van der Waals surface area contributed by atoms with Crippen LogP contribution in [0.25, 0.3) is 0 Å². The van der Waals surface area contributed by atoms with Crippen molar-refractivity contribution >= 4 is 0 Å². The van der Waals surface area contributed by atoms with E-state index < -0.39 is 0 Å². The maximum Gasteiger partial charge on any atom is 0.0834 e. The van der Waals surface area contributed by atoms with Crippen molar-refractivity contribution in [3.8, 4) is 0 Å². The van der Waals surface area contributed by atoms with Gasteiger partial charge in [0.05, 0.1) is 19.3 Å². The fraction of sp³-hybridized carbons (Fsp3) is 1.00. The van der Waals surface area contributed by atoms with Crippen molar-refractivity contribution in [1.29, 1.82) is 0 Å². The summed E-state index contributed by atoms with van der Waals surface area (Å²) in [5.74, 6) is 0. The SMILES string of the molecule is CN1CC(O)C(N2CCOCC2)C1. The normalized spacial score (nSPS) is 38.3. The molecule has 2 fully saturated rings. The number of morpholine rings is 1. The summed E-state index contributed by atoms with van der Waals surface area (Å²) in [6, 6.07) is 0.328. The van der Waals surface area contributed by atoms with Gasteiger partial charge in [0.15, 0.2) is 0 Å². The van der Waals surface area contributed by atoms with Gasteiger partial charge >= 0.3 is 0 Å². The maximum absolute atomic E-state index is 9.79. The van der Waals surface area contributed by atoms with Crippen LogP contribution in [0, 0.1) is 0 Å². The Morgan fingerprint density at radius 1 is 1.23 bits per heavy atom. The summed E-state index contributed by atoms with van der Waals surface area (Å²) in [6.07, 6.45) is -0.178. The average molecular weight is 186 g/mol. The monoisotopic (exact) mass is 186 g/mol. The molecule has 0 radical (unpaired) electrons. The van der Waals surface area contributed by atoms with Crippen LogP contribution >= 0.6 is 0 Å². The smallest absolute Gasteiger partial charge is 0.0834 e. The number of hydrogen-bond acceptors (Lipinski definition) is 4. The van der Waals surface area contributed by atoms with Gasteiger partial charge < -0.3 is 14.7 Å². The van der Waals surface area contributed by atoms with E-state index in [0.29, 0.717) is 6.04 Å². The molecule has 0 aromatic carbocycles. The quantitative estimate of drug-likeness (QED) is 0.569. The van der Waals surface area contributed by atoms with Crippen LogP contribution in [0.15, 0.2) is 0 Å². The number of hydrogen-bond donors (Lipinski definition) is 1. The van der Waals surface area contributed by atoms with Crippen molar-refractivity contribution in [2.24, 2.45) is 0 Å². The Bertz CT molecular complexity index is 171. The molecule has 4 nitrogen and oxygen atoms in total. The van der Waals surface area contributed by atoms with Gasteiger partial charge in [-0.15, -0.1) is 0 Å². The lowest BCUT2D eigenvalue weighted by Gasteiger charge is -2.33. The molecule has 2 atom stereocenters. The molecular formula is C9H18N2O2. The Hall–Kier alpha value is -0.160. The van der Waals surface area contributed by atoms with Crippen molar-refractivity contribution in [3.63, 3.8) is 0 Å². The molecule has 76 valence electrons. The van der Waals surface area contributed by atoms with E-state index in [2.05, 4.69) is 16.8 Å². The molecule has 0 spiro atoms. The van der Waals surface area contributed by atoms with E-state index in [9.17, 15) is 5.11 Å². The van der Waals surface area contributed by atoms with Crippen molar-refractivity contribution in [2.75, 3.05) is 46.4 Å². The second-order valence-electron chi connectivity index (χ2n) is 4.00. The van der Waals surface area contributed by atoms with Crippen molar-refractivity contribution < 1.29 is 9.84 Å². The second kappa shape index (κ2) is 3.92. The molecule has 2 aliphatic heterocycles. The third-order valence-corrected chi connectivity index (χ3v) is 2.96. The third-order valence-electron chi connectivity index (χ3n) is 2.96. The van der Waals surface area contributed by atoms with Gasteiger partial charge in [-0.25, -0.2) is 0 Å². The Labute approximate surface area is 79.1 Å². The minimum Gasteiger partial charge on any atom is -0.390 e. The van der Waals surface area contributed by atoms with E-state index in [0.717, 1.165) is 39.4 Å². The number of aliphatic hydroxyl groups excluding tert-OH is 1. The summed E-state index contributed by atoms with van der Waals surface area (Å²) < 4.78 is 5.28. The first kappa shape index (κ1) is 9.40. The summed E-state index contributed by atoms with van der Waals surface area (Å²) in [6.45, 7) is 5.36. The van der Waals surface area contributed by atoms with Gasteiger partial charge in [0.2, 0.25) is 0 Å². The fourth-order valence-electron chi connectivity index (χ4n) is 2.22. The van der Waals surface area contributed by atoms with Gasteiger partial charge in [-0.05, 0) is 7.05 Å². The summed E-state index contributed by atoms with van der Waals surface area (Å²) in [4.78, 5) is 4.53. The zero-order chi connectivity index (χ0) is 9.26. The summed E-state index contributed by atoms with van der Waals surface area (Å²) in [5, 5.41) is 9.79. The molecule has 4 heteroatoms. The summed E-state index contributed by atoms with van der Waals surface area (Å²) >= 11 is 0. The van der Waals surface area contributed by atoms with Crippen molar-refractivity contribution in [2.45, 2.75) is 12.1 Å². The molecule has 0 bridgehead atoms. The van der Waals surface area contributed by atoms with Crippen LogP contribution in [-0.4, -0.2) is 73.5 Å². The molecule has 0 amide bonds. The summed E-state index contributed by atoms with van der Waals surface area (Å²) in [7, 11) is 2.06. The van der Waals surface area contributed by atoms with Crippen LogP contribution in [0.3, 0.4) is 0 Å². The lowest BCUT2D eigenvalue weighted by molar-refractivity contribution is -0.00611. The first-order chi connectivity index (χ1) is 6.27. The molecule has 0 aliphatic carbocycles. The topological polar surface area (TPSA) is 35.9 Å². The number of likely N-dealkylation sites (tertiary alicyclic amines) is 1. The van der Waals surface area contributed by atoms with E-state index in [1.54, 1.807) is 0 Å².